The second kappa shape index (κ2) is 7.75. The number of nitrogens with zero attached hydrogens (tertiary/aromatic N) is 4. The third kappa shape index (κ3) is 4.00. The van der Waals surface area contributed by atoms with E-state index in [1.54, 1.807) is 24.4 Å². The lowest BCUT2D eigenvalue weighted by Gasteiger charge is -2.36. The van der Waals surface area contributed by atoms with Crippen molar-refractivity contribution >= 4 is 23.1 Å². The topological polar surface area (TPSA) is 44.3 Å². The highest BCUT2D eigenvalue weighted by Crippen LogP contribution is 2.22. The molecule has 1 fully saturated rings. The highest BCUT2D eigenvalue weighted by atomic mass is 19.1. The number of aromatic nitrogens is 2. The summed E-state index contributed by atoms with van der Waals surface area (Å²) < 4.78 is 40.0. The van der Waals surface area contributed by atoms with Gasteiger partial charge in [0.25, 0.3) is 0 Å². The molecule has 3 aromatic rings. The van der Waals surface area contributed by atoms with E-state index in [1.807, 2.05) is 4.90 Å². The van der Waals surface area contributed by atoms with Crippen molar-refractivity contribution in [1.82, 2.24) is 9.97 Å². The molecule has 28 heavy (non-hydrogen) atoms. The zero-order valence-corrected chi connectivity index (χ0v) is 14.9. The molecule has 144 valence electrons. The molecule has 0 bridgehead atoms. The summed E-state index contributed by atoms with van der Waals surface area (Å²) in [5.41, 5.74) is 1.12. The summed E-state index contributed by atoms with van der Waals surface area (Å²) in [6.45, 7) is 2.90. The van der Waals surface area contributed by atoms with Gasteiger partial charge in [0, 0.05) is 44.1 Å². The van der Waals surface area contributed by atoms with Crippen LogP contribution in [0.25, 0.3) is 0 Å². The van der Waals surface area contributed by atoms with E-state index in [0.29, 0.717) is 24.9 Å². The molecular weight excluding hydrogens is 367 g/mol. The Morgan fingerprint density at radius 3 is 2.18 bits per heavy atom. The van der Waals surface area contributed by atoms with Gasteiger partial charge in [-0.15, -0.1) is 0 Å². The first-order valence-electron chi connectivity index (χ1n) is 8.89. The molecular formula is C20H18F3N5. The summed E-state index contributed by atoms with van der Waals surface area (Å²) in [5, 5.41) is 2.85. The van der Waals surface area contributed by atoms with Crippen LogP contribution in [-0.4, -0.2) is 36.1 Å². The summed E-state index contributed by atoms with van der Waals surface area (Å²) in [7, 11) is 0. The van der Waals surface area contributed by atoms with Gasteiger partial charge in [-0.25, -0.2) is 18.2 Å². The van der Waals surface area contributed by atoms with Crippen LogP contribution in [0.3, 0.4) is 0 Å². The van der Waals surface area contributed by atoms with Gasteiger partial charge in [0.15, 0.2) is 0 Å². The summed E-state index contributed by atoms with van der Waals surface area (Å²) in [5.74, 6) is -0.612. The van der Waals surface area contributed by atoms with Crippen LogP contribution in [0.15, 0.2) is 54.7 Å². The molecule has 8 heteroatoms. The minimum absolute atomic E-state index is 0.146. The monoisotopic (exact) mass is 385 g/mol. The molecule has 1 saturated heterocycles. The predicted octanol–water partition coefficient (Wildman–Crippen LogP) is 3.96. The molecule has 1 aromatic heterocycles. The van der Waals surface area contributed by atoms with Gasteiger partial charge in [-0.2, -0.15) is 4.98 Å². The fourth-order valence-electron chi connectivity index (χ4n) is 3.12. The van der Waals surface area contributed by atoms with Gasteiger partial charge < -0.3 is 15.1 Å². The molecule has 0 unspecified atom stereocenters. The SMILES string of the molecule is Fc1ccc(N2CCN(c3nccc(Nc4ccc(F)cc4F)n3)CC2)cc1. The second-order valence-corrected chi connectivity index (χ2v) is 6.44. The van der Waals surface area contributed by atoms with Crippen LogP contribution < -0.4 is 15.1 Å². The first-order chi connectivity index (χ1) is 13.6. The van der Waals surface area contributed by atoms with Gasteiger partial charge in [0.05, 0.1) is 5.69 Å². The molecule has 2 heterocycles. The van der Waals surface area contributed by atoms with E-state index >= 15 is 0 Å². The lowest BCUT2D eigenvalue weighted by Crippen LogP contribution is -2.47. The summed E-state index contributed by atoms with van der Waals surface area (Å²) in [4.78, 5) is 12.9. The van der Waals surface area contributed by atoms with Gasteiger partial charge >= 0.3 is 0 Å². The van der Waals surface area contributed by atoms with Crippen molar-refractivity contribution in [2.45, 2.75) is 0 Å². The molecule has 2 aromatic carbocycles. The fourth-order valence-corrected chi connectivity index (χ4v) is 3.12. The molecule has 0 radical (unpaired) electrons. The molecule has 0 amide bonds. The Hall–Kier alpha value is -3.29. The zero-order valence-electron chi connectivity index (χ0n) is 14.9. The Morgan fingerprint density at radius 1 is 0.786 bits per heavy atom. The molecule has 1 aliphatic heterocycles. The van der Waals surface area contributed by atoms with Crippen molar-refractivity contribution in [3.8, 4) is 0 Å². The maximum atomic E-state index is 13.8. The van der Waals surface area contributed by atoms with Crippen LogP contribution in [0, 0.1) is 17.5 Å². The summed E-state index contributed by atoms with van der Waals surface area (Å²) >= 11 is 0. The molecule has 1 N–H and O–H groups in total. The summed E-state index contributed by atoms with van der Waals surface area (Å²) in [6.07, 6.45) is 1.60. The summed E-state index contributed by atoms with van der Waals surface area (Å²) in [6, 6.07) is 11.4. The number of piperazine rings is 1. The van der Waals surface area contributed by atoms with Crippen LogP contribution in [-0.2, 0) is 0 Å². The minimum atomic E-state index is -0.687. The molecule has 0 spiro atoms. The maximum Gasteiger partial charge on any atom is 0.227 e. The van der Waals surface area contributed by atoms with Crippen molar-refractivity contribution in [1.29, 1.82) is 0 Å². The van der Waals surface area contributed by atoms with Crippen LogP contribution in [0.2, 0.25) is 0 Å². The Bertz CT molecular complexity index is 956. The highest BCUT2D eigenvalue weighted by Gasteiger charge is 2.19. The Balaban J connectivity index is 1.43. The van der Waals surface area contributed by atoms with Gasteiger partial charge in [0.1, 0.15) is 23.3 Å². The van der Waals surface area contributed by atoms with Crippen LogP contribution >= 0.6 is 0 Å². The first kappa shape index (κ1) is 18.1. The van der Waals surface area contributed by atoms with Gasteiger partial charge in [0.2, 0.25) is 5.95 Å². The molecule has 5 nitrogen and oxygen atoms in total. The van der Waals surface area contributed by atoms with E-state index < -0.39 is 11.6 Å². The molecule has 1 aliphatic rings. The number of benzene rings is 2. The number of halogens is 3. The van der Waals surface area contributed by atoms with E-state index in [-0.39, 0.29) is 11.5 Å². The van der Waals surface area contributed by atoms with E-state index in [4.69, 9.17) is 0 Å². The smallest absolute Gasteiger partial charge is 0.227 e. The van der Waals surface area contributed by atoms with E-state index in [1.165, 1.54) is 24.3 Å². The first-order valence-corrected chi connectivity index (χ1v) is 8.89. The van der Waals surface area contributed by atoms with Crippen molar-refractivity contribution in [3.63, 3.8) is 0 Å². The Morgan fingerprint density at radius 2 is 1.46 bits per heavy atom. The normalized spacial score (nSPS) is 14.2. The maximum absolute atomic E-state index is 13.8. The third-order valence-corrected chi connectivity index (χ3v) is 4.59. The van der Waals surface area contributed by atoms with E-state index in [9.17, 15) is 13.2 Å². The number of nitrogens with one attached hydrogen (secondary N) is 1. The molecule has 0 saturated carbocycles. The number of rotatable bonds is 4. The average molecular weight is 385 g/mol. The Kier molecular flexibility index (Phi) is 5.01. The van der Waals surface area contributed by atoms with Gasteiger partial charge in [-0.3, -0.25) is 0 Å². The number of anilines is 4. The largest absolute Gasteiger partial charge is 0.368 e. The lowest BCUT2D eigenvalue weighted by atomic mass is 10.2. The lowest BCUT2D eigenvalue weighted by molar-refractivity contribution is 0.586. The van der Waals surface area contributed by atoms with Crippen molar-refractivity contribution in [2.24, 2.45) is 0 Å². The van der Waals surface area contributed by atoms with Crippen molar-refractivity contribution in [2.75, 3.05) is 41.3 Å². The van der Waals surface area contributed by atoms with Gasteiger partial charge in [-0.1, -0.05) is 0 Å². The number of hydrogen-bond acceptors (Lipinski definition) is 5. The third-order valence-electron chi connectivity index (χ3n) is 4.59. The average Bonchev–Trinajstić information content (AvgIpc) is 2.71. The van der Waals surface area contributed by atoms with Gasteiger partial charge in [-0.05, 0) is 42.5 Å². The standard InChI is InChI=1S/C20H18F3N5/c21-14-1-4-16(5-2-14)27-9-11-28(12-10-27)20-24-8-7-19(26-20)25-18-6-3-15(22)13-17(18)23/h1-8,13H,9-12H2,(H,24,25,26). The van der Waals surface area contributed by atoms with E-state index in [0.717, 1.165) is 24.8 Å². The molecule has 0 aliphatic carbocycles. The van der Waals surface area contributed by atoms with Crippen LogP contribution in [0.5, 0.6) is 0 Å². The van der Waals surface area contributed by atoms with Crippen LogP contribution in [0.1, 0.15) is 0 Å². The van der Waals surface area contributed by atoms with Crippen molar-refractivity contribution in [3.05, 3.63) is 72.2 Å². The molecule has 0 atom stereocenters. The molecule has 4 rings (SSSR count). The zero-order chi connectivity index (χ0) is 19.5. The highest BCUT2D eigenvalue weighted by molar-refractivity contribution is 5.58. The van der Waals surface area contributed by atoms with Crippen LogP contribution in [0.4, 0.5) is 36.3 Å². The fraction of sp³-hybridized carbons (Fsp3) is 0.200. The second-order valence-electron chi connectivity index (χ2n) is 6.44. The van der Waals surface area contributed by atoms with Crippen molar-refractivity contribution < 1.29 is 13.2 Å². The minimum Gasteiger partial charge on any atom is -0.368 e. The predicted molar refractivity (Wildman–Crippen MR) is 102 cm³/mol. The number of hydrogen-bond donors (Lipinski definition) is 1. The quantitative estimate of drug-likeness (QED) is 0.736. The van der Waals surface area contributed by atoms with E-state index in [2.05, 4.69) is 20.2 Å². The Labute approximate surface area is 160 Å².